The maximum Gasteiger partial charge on any atom is 0.272 e. The van der Waals surface area contributed by atoms with Gasteiger partial charge in [0, 0.05) is 23.1 Å². The van der Waals surface area contributed by atoms with Gasteiger partial charge in [-0.2, -0.15) is 5.26 Å². The Kier molecular flexibility index (Phi) is 4.07. The van der Waals surface area contributed by atoms with Crippen LogP contribution in [0.3, 0.4) is 0 Å². The Hall–Kier alpha value is -3.11. The molecule has 0 saturated heterocycles. The number of nitrogens with zero attached hydrogens (tertiary/aromatic N) is 2. The molecular formula is C18H13N3O3S. The number of benzene rings is 2. The number of nitro benzene ring substituents is 1. The van der Waals surface area contributed by atoms with E-state index in [2.05, 4.69) is 6.07 Å². The quantitative estimate of drug-likeness (QED) is 0.384. The zero-order valence-electron chi connectivity index (χ0n) is 13.0. The van der Waals surface area contributed by atoms with E-state index in [1.165, 1.54) is 12.1 Å². The number of ketones is 1. The van der Waals surface area contributed by atoms with E-state index in [0.29, 0.717) is 11.1 Å². The zero-order valence-corrected chi connectivity index (χ0v) is 13.8. The fourth-order valence-electron chi connectivity index (χ4n) is 3.37. The van der Waals surface area contributed by atoms with Crippen molar-refractivity contribution in [2.45, 2.75) is 5.92 Å². The number of nitrogens with two attached hydrogens (primary N) is 1. The summed E-state index contributed by atoms with van der Waals surface area (Å²) in [7, 11) is 0. The van der Waals surface area contributed by atoms with Gasteiger partial charge in [0.2, 0.25) is 0 Å². The molecule has 0 amide bonds. The topological polar surface area (TPSA) is 110 Å². The van der Waals surface area contributed by atoms with Gasteiger partial charge in [-0.3, -0.25) is 14.9 Å². The third-order valence-corrected chi connectivity index (χ3v) is 4.95. The minimum Gasteiger partial charge on any atom is -0.392 e. The lowest BCUT2D eigenvalue weighted by molar-refractivity contribution is -0.385. The first-order valence-corrected chi connectivity index (χ1v) is 7.89. The first-order chi connectivity index (χ1) is 11.9. The molecule has 0 radical (unpaired) electrons. The Labute approximate surface area is 149 Å². The normalized spacial score (nSPS) is 24.1. The minimum absolute atomic E-state index is 0.118. The molecule has 0 heterocycles. The SMILES string of the molecule is N#C[C@]1(C(N)=S)[C@H](c2ccccc2[N+](=O)[O-])[C@@H]1C(=O)c1ccccc1. The molecule has 3 rings (SSSR count). The van der Waals surface area contributed by atoms with Crippen molar-refractivity contribution in [1.29, 1.82) is 5.26 Å². The first kappa shape index (κ1) is 16.7. The summed E-state index contributed by atoms with van der Waals surface area (Å²) in [5.41, 5.74) is 4.96. The molecular weight excluding hydrogens is 338 g/mol. The van der Waals surface area contributed by atoms with Crippen molar-refractivity contribution in [2.75, 3.05) is 0 Å². The second-order valence-electron chi connectivity index (χ2n) is 5.85. The third kappa shape index (κ3) is 2.47. The van der Waals surface area contributed by atoms with E-state index in [1.54, 1.807) is 42.5 Å². The van der Waals surface area contributed by atoms with Crippen molar-refractivity contribution in [2.24, 2.45) is 17.1 Å². The predicted octanol–water partition coefficient (Wildman–Crippen LogP) is 2.99. The van der Waals surface area contributed by atoms with Crippen LogP contribution in [0.5, 0.6) is 0 Å². The summed E-state index contributed by atoms with van der Waals surface area (Å²) in [5, 5.41) is 21.1. The molecule has 1 fully saturated rings. The van der Waals surface area contributed by atoms with Crippen LogP contribution in [-0.4, -0.2) is 15.7 Å². The van der Waals surface area contributed by atoms with Crippen LogP contribution in [0, 0.1) is 32.8 Å². The summed E-state index contributed by atoms with van der Waals surface area (Å²) in [5.74, 6) is -1.86. The zero-order chi connectivity index (χ0) is 18.2. The number of nitriles is 1. The van der Waals surface area contributed by atoms with Gasteiger partial charge >= 0.3 is 0 Å². The molecule has 0 spiro atoms. The Balaban J connectivity index is 2.12. The molecule has 1 aliphatic carbocycles. The van der Waals surface area contributed by atoms with Crippen LogP contribution in [0.1, 0.15) is 21.8 Å². The summed E-state index contributed by atoms with van der Waals surface area (Å²) < 4.78 is 0. The van der Waals surface area contributed by atoms with Gasteiger partial charge in [-0.1, -0.05) is 60.7 Å². The Morgan fingerprint density at radius 3 is 2.36 bits per heavy atom. The van der Waals surface area contributed by atoms with E-state index in [9.17, 15) is 20.2 Å². The third-order valence-electron chi connectivity index (χ3n) is 4.61. The molecule has 6 nitrogen and oxygen atoms in total. The molecule has 7 heteroatoms. The highest BCUT2D eigenvalue weighted by atomic mass is 32.1. The van der Waals surface area contributed by atoms with E-state index in [0.717, 1.165) is 0 Å². The Morgan fingerprint density at radius 2 is 1.80 bits per heavy atom. The monoisotopic (exact) mass is 351 g/mol. The molecule has 1 aliphatic rings. The number of carbonyl (C=O) groups excluding carboxylic acids is 1. The number of hydrogen-bond donors (Lipinski definition) is 1. The first-order valence-electron chi connectivity index (χ1n) is 7.49. The van der Waals surface area contributed by atoms with Gasteiger partial charge in [-0.15, -0.1) is 0 Å². The molecule has 2 aromatic carbocycles. The van der Waals surface area contributed by atoms with Gasteiger partial charge in [0.15, 0.2) is 5.78 Å². The molecule has 0 aromatic heterocycles. The van der Waals surface area contributed by atoms with Crippen molar-refractivity contribution in [3.8, 4) is 6.07 Å². The molecule has 1 saturated carbocycles. The van der Waals surface area contributed by atoms with Gasteiger partial charge in [-0.05, 0) is 0 Å². The fourth-order valence-corrected chi connectivity index (χ4v) is 3.67. The van der Waals surface area contributed by atoms with Crippen LogP contribution in [0.4, 0.5) is 5.69 Å². The number of Topliss-reactive ketones (excluding diaryl/α,β-unsaturated/α-hetero) is 1. The molecule has 25 heavy (non-hydrogen) atoms. The van der Waals surface area contributed by atoms with Crippen molar-refractivity contribution in [3.05, 3.63) is 75.8 Å². The Bertz CT molecular complexity index is 923. The maximum atomic E-state index is 12.9. The highest BCUT2D eigenvalue weighted by Crippen LogP contribution is 2.67. The van der Waals surface area contributed by atoms with Gasteiger partial charge in [0.05, 0.1) is 21.9 Å². The number of carbonyl (C=O) groups is 1. The summed E-state index contributed by atoms with van der Waals surface area (Å²) in [4.78, 5) is 23.6. The Morgan fingerprint density at radius 1 is 1.20 bits per heavy atom. The largest absolute Gasteiger partial charge is 0.392 e. The van der Waals surface area contributed by atoms with Gasteiger partial charge < -0.3 is 5.73 Å². The van der Waals surface area contributed by atoms with Crippen LogP contribution in [0.25, 0.3) is 0 Å². The average molecular weight is 351 g/mol. The standard InChI is InChI=1S/C18H13N3O3S/c19-10-18(17(20)25)14(12-8-4-5-9-13(12)21(23)24)15(18)16(22)11-6-2-1-3-7-11/h1-9,14-15H,(H2,20,25)/t14-,15-,18+/m1/s1. The number of para-hydroxylation sites is 1. The summed E-state index contributed by atoms with van der Waals surface area (Å²) in [6, 6.07) is 16.6. The molecule has 2 aromatic rings. The fraction of sp³-hybridized carbons (Fsp3) is 0.167. The minimum atomic E-state index is -1.41. The van der Waals surface area contributed by atoms with Crippen molar-refractivity contribution in [1.82, 2.24) is 0 Å². The lowest BCUT2D eigenvalue weighted by atomic mass is 9.98. The summed E-state index contributed by atoms with van der Waals surface area (Å²) >= 11 is 5.06. The highest BCUT2D eigenvalue weighted by molar-refractivity contribution is 7.80. The van der Waals surface area contributed by atoms with Crippen LogP contribution < -0.4 is 5.73 Å². The number of rotatable bonds is 5. The lowest BCUT2D eigenvalue weighted by Crippen LogP contribution is -2.26. The highest BCUT2D eigenvalue weighted by Gasteiger charge is 2.72. The molecule has 0 unspecified atom stereocenters. The van der Waals surface area contributed by atoms with Crippen LogP contribution in [0.15, 0.2) is 54.6 Å². The van der Waals surface area contributed by atoms with Crippen molar-refractivity contribution < 1.29 is 9.72 Å². The van der Waals surface area contributed by atoms with Gasteiger partial charge in [0.25, 0.3) is 5.69 Å². The van der Waals surface area contributed by atoms with Crippen LogP contribution in [0.2, 0.25) is 0 Å². The molecule has 2 N–H and O–H groups in total. The van der Waals surface area contributed by atoms with E-state index < -0.39 is 22.2 Å². The van der Waals surface area contributed by atoms with Gasteiger partial charge in [-0.25, -0.2) is 0 Å². The lowest BCUT2D eigenvalue weighted by Gasteiger charge is -2.06. The van der Waals surface area contributed by atoms with E-state index in [4.69, 9.17) is 18.0 Å². The van der Waals surface area contributed by atoms with E-state index >= 15 is 0 Å². The van der Waals surface area contributed by atoms with Gasteiger partial charge in [0.1, 0.15) is 5.41 Å². The molecule has 0 bridgehead atoms. The van der Waals surface area contributed by atoms with Crippen LogP contribution >= 0.6 is 12.2 Å². The second-order valence-corrected chi connectivity index (χ2v) is 6.29. The number of thiocarbonyl (C=S) groups is 1. The number of hydrogen-bond acceptors (Lipinski definition) is 5. The van der Waals surface area contributed by atoms with Crippen LogP contribution in [-0.2, 0) is 0 Å². The van der Waals surface area contributed by atoms with Crippen molar-refractivity contribution >= 4 is 28.7 Å². The summed E-state index contributed by atoms with van der Waals surface area (Å²) in [6.45, 7) is 0. The second kappa shape index (κ2) is 6.07. The summed E-state index contributed by atoms with van der Waals surface area (Å²) in [6.07, 6.45) is 0. The molecule has 0 aliphatic heterocycles. The average Bonchev–Trinajstić information content (AvgIpc) is 3.32. The van der Waals surface area contributed by atoms with Crippen molar-refractivity contribution in [3.63, 3.8) is 0 Å². The smallest absolute Gasteiger partial charge is 0.272 e. The van der Waals surface area contributed by atoms with E-state index in [1.807, 2.05) is 0 Å². The predicted molar refractivity (Wildman–Crippen MR) is 94.9 cm³/mol. The number of nitro groups is 1. The maximum absolute atomic E-state index is 12.9. The van der Waals surface area contributed by atoms with E-state index in [-0.39, 0.29) is 16.5 Å². The molecule has 124 valence electrons. The molecule has 3 atom stereocenters.